The van der Waals surface area contributed by atoms with E-state index in [-0.39, 0.29) is 24.1 Å². The van der Waals surface area contributed by atoms with Gasteiger partial charge in [0, 0.05) is 29.8 Å². The topological polar surface area (TPSA) is 100 Å². The second kappa shape index (κ2) is 8.24. The molecule has 3 N–H and O–H groups in total. The van der Waals surface area contributed by atoms with Crippen molar-refractivity contribution in [3.63, 3.8) is 0 Å². The van der Waals surface area contributed by atoms with Crippen LogP contribution in [-0.4, -0.2) is 27.4 Å². The van der Waals surface area contributed by atoms with E-state index in [4.69, 9.17) is 0 Å². The Morgan fingerprint density at radius 3 is 2.81 bits per heavy atom. The third-order valence-electron chi connectivity index (χ3n) is 4.94. The smallest absolute Gasteiger partial charge is 0.249 e. The average molecular weight is 371 g/mol. The molecule has 1 aliphatic rings. The molecule has 0 bridgehead atoms. The zero-order valence-electron chi connectivity index (χ0n) is 15.5. The Balaban J connectivity index is 1.81. The van der Waals surface area contributed by atoms with Gasteiger partial charge >= 0.3 is 0 Å². The number of aromatic hydroxyl groups is 1. The van der Waals surface area contributed by atoms with Gasteiger partial charge in [-0.3, -0.25) is 19.7 Å². The fraction of sp³-hybridized carbons (Fsp3) is 0.450. The number of nitrogens with zero attached hydrogens (tertiary/aromatic N) is 1. The zero-order chi connectivity index (χ0) is 19.4. The number of anilines is 1. The predicted octanol–water partition coefficient (Wildman–Crippen LogP) is 3.23. The number of carbonyl (C=O) groups is 3. The van der Waals surface area contributed by atoms with Gasteiger partial charge in [0.1, 0.15) is 6.04 Å². The van der Waals surface area contributed by atoms with Crippen molar-refractivity contribution in [2.45, 2.75) is 57.9 Å². The summed E-state index contributed by atoms with van der Waals surface area (Å²) in [5.41, 5.74) is 0.606. The Bertz CT molecular complexity index is 871. The lowest BCUT2D eigenvalue weighted by Gasteiger charge is -2.22. The van der Waals surface area contributed by atoms with Gasteiger partial charge in [-0.1, -0.05) is 32.3 Å². The Morgan fingerprint density at radius 1 is 1.26 bits per heavy atom. The molecule has 1 saturated heterocycles. The summed E-state index contributed by atoms with van der Waals surface area (Å²) in [5, 5.41) is 17.0. The van der Waals surface area contributed by atoms with Crippen molar-refractivity contribution in [2.24, 2.45) is 0 Å². The van der Waals surface area contributed by atoms with E-state index in [0.29, 0.717) is 29.3 Å². The molecule has 7 nitrogen and oxygen atoms in total. The minimum absolute atomic E-state index is 0.0430. The maximum Gasteiger partial charge on any atom is 0.249 e. The van der Waals surface area contributed by atoms with Gasteiger partial charge < -0.3 is 15.0 Å². The van der Waals surface area contributed by atoms with Crippen molar-refractivity contribution >= 4 is 34.2 Å². The Labute approximate surface area is 157 Å². The molecule has 0 aliphatic carbocycles. The summed E-state index contributed by atoms with van der Waals surface area (Å²) in [6.07, 6.45) is 6.79. The van der Waals surface area contributed by atoms with Crippen molar-refractivity contribution in [3.8, 4) is 5.88 Å². The Hall–Kier alpha value is -2.83. The summed E-state index contributed by atoms with van der Waals surface area (Å²) in [4.78, 5) is 35.7. The van der Waals surface area contributed by atoms with Crippen LogP contribution in [0.5, 0.6) is 5.88 Å². The highest BCUT2D eigenvalue weighted by Gasteiger charge is 2.30. The summed E-state index contributed by atoms with van der Waals surface area (Å²) in [5.74, 6) is -0.836. The molecule has 7 heteroatoms. The highest BCUT2D eigenvalue weighted by Crippen LogP contribution is 2.36. The molecule has 0 radical (unpaired) electrons. The van der Waals surface area contributed by atoms with Crippen LogP contribution < -0.4 is 10.6 Å². The van der Waals surface area contributed by atoms with E-state index < -0.39 is 11.9 Å². The van der Waals surface area contributed by atoms with Crippen LogP contribution in [0.25, 0.3) is 10.8 Å². The lowest BCUT2D eigenvalue weighted by molar-refractivity contribution is -0.135. The number of hydrogen-bond acceptors (Lipinski definition) is 4. The number of nitrogens with one attached hydrogen (secondary N) is 2. The third kappa shape index (κ3) is 4.13. The van der Waals surface area contributed by atoms with Crippen molar-refractivity contribution in [2.75, 3.05) is 5.32 Å². The lowest BCUT2D eigenvalue weighted by atomic mass is 10.1. The number of hydrogen-bond donors (Lipinski definition) is 3. The number of imide groups is 1. The molecular weight excluding hydrogens is 346 g/mol. The number of piperidine rings is 1. The summed E-state index contributed by atoms with van der Waals surface area (Å²) in [6, 6.07) is 4.63. The highest BCUT2D eigenvalue weighted by atomic mass is 16.3. The van der Waals surface area contributed by atoms with Crippen LogP contribution in [0.2, 0.25) is 0 Å². The van der Waals surface area contributed by atoms with E-state index >= 15 is 0 Å². The van der Waals surface area contributed by atoms with Crippen molar-refractivity contribution in [1.29, 1.82) is 0 Å². The van der Waals surface area contributed by atoms with Crippen LogP contribution in [0.3, 0.4) is 0 Å². The van der Waals surface area contributed by atoms with E-state index in [0.717, 1.165) is 25.7 Å². The summed E-state index contributed by atoms with van der Waals surface area (Å²) in [6.45, 7) is 2.13. The second-order valence-electron chi connectivity index (χ2n) is 6.95. The second-order valence-corrected chi connectivity index (χ2v) is 6.95. The molecule has 3 amide bonds. The maximum absolute atomic E-state index is 12.2. The molecule has 1 atom stereocenters. The molecule has 144 valence electrons. The number of rotatable bonds is 7. The van der Waals surface area contributed by atoms with E-state index in [9.17, 15) is 19.5 Å². The van der Waals surface area contributed by atoms with Crippen molar-refractivity contribution in [1.82, 2.24) is 9.88 Å². The first-order chi connectivity index (χ1) is 13.0. The fourth-order valence-corrected chi connectivity index (χ4v) is 3.46. The average Bonchev–Trinajstić information content (AvgIpc) is 2.97. The maximum atomic E-state index is 12.2. The van der Waals surface area contributed by atoms with Gasteiger partial charge in [0.15, 0.2) is 5.88 Å². The number of amides is 3. The van der Waals surface area contributed by atoms with Crippen molar-refractivity contribution in [3.05, 3.63) is 24.4 Å². The standard InChI is InChI=1S/C20H25N3O4/c1-2-3-4-5-9-17(24)21-15-8-6-7-13-14(15)12-23(20(13)27)16-10-11-18(25)22-19(16)26/h6-8,12,16,27H,2-5,9-11H2,1H3,(H,21,24)(H,22,25,26). The van der Waals surface area contributed by atoms with Crippen LogP contribution in [0, 0.1) is 0 Å². The molecular formula is C20H25N3O4. The number of carbonyl (C=O) groups excluding carboxylic acids is 3. The minimum atomic E-state index is -0.646. The molecule has 1 unspecified atom stereocenters. The SMILES string of the molecule is CCCCCCC(=O)Nc1cccc2c(O)n(C3CCC(=O)NC3=O)cc12. The number of unbranched alkanes of at least 4 members (excludes halogenated alkanes) is 3. The van der Waals surface area contributed by atoms with Gasteiger partial charge in [0.2, 0.25) is 17.7 Å². The van der Waals surface area contributed by atoms with Gasteiger partial charge in [-0.15, -0.1) is 0 Å². The molecule has 3 rings (SSSR count). The first-order valence-corrected chi connectivity index (χ1v) is 9.47. The Morgan fingerprint density at radius 2 is 2.07 bits per heavy atom. The lowest BCUT2D eigenvalue weighted by Crippen LogP contribution is -2.41. The summed E-state index contributed by atoms with van der Waals surface area (Å²) in [7, 11) is 0. The normalized spacial score (nSPS) is 17.1. The van der Waals surface area contributed by atoms with E-state index in [2.05, 4.69) is 17.6 Å². The monoisotopic (exact) mass is 371 g/mol. The summed E-state index contributed by atoms with van der Waals surface area (Å²) >= 11 is 0. The molecule has 1 aliphatic heterocycles. The molecule has 0 saturated carbocycles. The largest absolute Gasteiger partial charge is 0.494 e. The quantitative estimate of drug-likeness (QED) is 0.514. The van der Waals surface area contributed by atoms with E-state index in [1.165, 1.54) is 4.57 Å². The van der Waals surface area contributed by atoms with Crippen LogP contribution in [0.15, 0.2) is 24.4 Å². The predicted molar refractivity (Wildman–Crippen MR) is 102 cm³/mol. The number of aromatic nitrogens is 1. The van der Waals surface area contributed by atoms with Gasteiger partial charge in [-0.05, 0) is 25.0 Å². The van der Waals surface area contributed by atoms with E-state index in [1.807, 2.05) is 0 Å². The van der Waals surface area contributed by atoms with Crippen LogP contribution in [-0.2, 0) is 14.4 Å². The molecule has 2 aromatic rings. The van der Waals surface area contributed by atoms with Crippen LogP contribution in [0.4, 0.5) is 5.69 Å². The Kier molecular flexibility index (Phi) is 5.78. The zero-order valence-corrected chi connectivity index (χ0v) is 15.5. The van der Waals surface area contributed by atoms with Gasteiger partial charge in [0.05, 0.1) is 5.69 Å². The molecule has 1 aromatic heterocycles. The minimum Gasteiger partial charge on any atom is -0.494 e. The third-order valence-corrected chi connectivity index (χ3v) is 4.94. The first-order valence-electron chi connectivity index (χ1n) is 9.47. The summed E-state index contributed by atoms with van der Waals surface area (Å²) < 4.78 is 1.48. The van der Waals surface area contributed by atoms with Crippen LogP contribution in [0.1, 0.15) is 57.9 Å². The van der Waals surface area contributed by atoms with E-state index in [1.54, 1.807) is 24.4 Å². The molecule has 2 heterocycles. The van der Waals surface area contributed by atoms with Crippen molar-refractivity contribution < 1.29 is 19.5 Å². The first kappa shape index (κ1) is 18.9. The molecule has 0 spiro atoms. The molecule has 27 heavy (non-hydrogen) atoms. The van der Waals surface area contributed by atoms with Crippen LogP contribution >= 0.6 is 0 Å². The number of fused-ring (bicyclic) bond motifs is 1. The van der Waals surface area contributed by atoms with Gasteiger partial charge in [-0.25, -0.2) is 0 Å². The number of benzene rings is 1. The molecule has 1 aromatic carbocycles. The highest BCUT2D eigenvalue weighted by molar-refractivity contribution is 6.05. The molecule has 1 fully saturated rings. The fourth-order valence-electron chi connectivity index (χ4n) is 3.46. The van der Waals surface area contributed by atoms with Gasteiger partial charge in [-0.2, -0.15) is 0 Å². The van der Waals surface area contributed by atoms with Gasteiger partial charge in [0.25, 0.3) is 0 Å².